The Morgan fingerprint density at radius 3 is 2.50 bits per heavy atom. The van der Waals surface area contributed by atoms with Crippen molar-refractivity contribution >= 4 is 28.4 Å². The number of carbonyl (C=O) groups is 2. The largest absolute Gasteiger partial charge is 0.461 e. The van der Waals surface area contributed by atoms with E-state index in [-0.39, 0.29) is 12.3 Å². The lowest BCUT2D eigenvalue weighted by Crippen LogP contribution is -2.25. The highest BCUT2D eigenvalue weighted by Crippen LogP contribution is 2.30. The molecule has 0 saturated carbocycles. The number of imidazole rings is 1. The smallest absolute Gasteiger partial charge is 0.359 e. The molecule has 0 fully saturated rings. The standard InChI is InChI=1S/C20H22N2O4/c1-6-25-19(24)16-17-12(2)15(18(23)26-20(3,4)5)13-9-7-8-10-14(13)22(17)11-21-16/h7-11H,6H2,1-5H3. The first-order valence-electron chi connectivity index (χ1n) is 8.53. The lowest BCUT2D eigenvalue weighted by atomic mass is 10.0. The molecule has 3 aromatic rings. The molecule has 0 amide bonds. The molecular weight excluding hydrogens is 332 g/mol. The van der Waals surface area contributed by atoms with E-state index < -0.39 is 17.5 Å². The molecule has 6 nitrogen and oxygen atoms in total. The molecule has 0 atom stereocenters. The Labute approximate surface area is 151 Å². The maximum Gasteiger partial charge on any atom is 0.359 e. The molecule has 0 bridgehead atoms. The highest BCUT2D eigenvalue weighted by Gasteiger charge is 2.26. The van der Waals surface area contributed by atoms with Gasteiger partial charge in [-0.15, -0.1) is 0 Å². The molecule has 0 spiro atoms. The molecule has 136 valence electrons. The molecule has 0 saturated heterocycles. The van der Waals surface area contributed by atoms with E-state index in [0.29, 0.717) is 16.6 Å². The van der Waals surface area contributed by atoms with Gasteiger partial charge in [-0.3, -0.25) is 4.40 Å². The van der Waals surface area contributed by atoms with Crippen LogP contribution in [-0.4, -0.2) is 33.5 Å². The summed E-state index contributed by atoms with van der Waals surface area (Å²) in [6, 6.07) is 7.49. The van der Waals surface area contributed by atoms with Crippen molar-refractivity contribution in [3.63, 3.8) is 0 Å². The van der Waals surface area contributed by atoms with Gasteiger partial charge in [-0.25, -0.2) is 14.6 Å². The zero-order valence-corrected chi connectivity index (χ0v) is 15.6. The van der Waals surface area contributed by atoms with Crippen LogP contribution in [0.5, 0.6) is 0 Å². The molecule has 26 heavy (non-hydrogen) atoms. The number of rotatable bonds is 3. The predicted molar refractivity (Wildman–Crippen MR) is 98.6 cm³/mol. The van der Waals surface area contributed by atoms with Gasteiger partial charge in [0, 0.05) is 5.39 Å². The number of para-hydroxylation sites is 1. The van der Waals surface area contributed by atoms with Gasteiger partial charge >= 0.3 is 11.9 Å². The first-order valence-corrected chi connectivity index (χ1v) is 8.53. The van der Waals surface area contributed by atoms with E-state index in [0.717, 1.165) is 10.9 Å². The molecule has 0 radical (unpaired) electrons. The lowest BCUT2D eigenvalue weighted by molar-refractivity contribution is 0.00708. The number of pyridine rings is 1. The summed E-state index contributed by atoms with van der Waals surface area (Å²) in [5.41, 5.74) is 1.98. The molecule has 0 unspecified atom stereocenters. The van der Waals surface area contributed by atoms with Gasteiger partial charge in [0.15, 0.2) is 5.69 Å². The summed E-state index contributed by atoms with van der Waals surface area (Å²) in [5.74, 6) is -0.937. The van der Waals surface area contributed by atoms with Gasteiger partial charge in [0.2, 0.25) is 0 Å². The van der Waals surface area contributed by atoms with Crippen LogP contribution in [0.4, 0.5) is 0 Å². The molecule has 6 heteroatoms. The van der Waals surface area contributed by atoms with Gasteiger partial charge in [-0.05, 0) is 46.2 Å². The van der Waals surface area contributed by atoms with Crippen molar-refractivity contribution in [3.05, 3.63) is 47.4 Å². The third-order valence-electron chi connectivity index (χ3n) is 4.00. The van der Waals surface area contributed by atoms with Crippen LogP contribution in [0.3, 0.4) is 0 Å². The number of nitrogens with zero attached hydrogens (tertiary/aromatic N) is 2. The molecule has 0 aliphatic heterocycles. The van der Waals surface area contributed by atoms with Crippen LogP contribution in [0, 0.1) is 6.92 Å². The number of esters is 2. The quantitative estimate of drug-likeness (QED) is 0.667. The molecule has 0 aliphatic rings. The second-order valence-corrected chi connectivity index (χ2v) is 7.05. The number of ether oxygens (including phenoxy) is 2. The number of benzene rings is 1. The average molecular weight is 354 g/mol. The Balaban J connectivity index is 2.35. The van der Waals surface area contributed by atoms with Crippen molar-refractivity contribution in [1.82, 2.24) is 9.38 Å². The van der Waals surface area contributed by atoms with E-state index in [1.807, 2.05) is 49.4 Å². The third-order valence-corrected chi connectivity index (χ3v) is 4.00. The van der Waals surface area contributed by atoms with Gasteiger partial charge in [-0.1, -0.05) is 18.2 Å². The van der Waals surface area contributed by atoms with Crippen molar-refractivity contribution in [2.45, 2.75) is 40.2 Å². The molecule has 2 heterocycles. The Morgan fingerprint density at radius 2 is 1.85 bits per heavy atom. The van der Waals surface area contributed by atoms with E-state index in [1.54, 1.807) is 20.2 Å². The van der Waals surface area contributed by atoms with E-state index in [1.165, 1.54) is 0 Å². The van der Waals surface area contributed by atoms with Crippen LogP contribution in [0.2, 0.25) is 0 Å². The maximum absolute atomic E-state index is 12.9. The first-order chi connectivity index (χ1) is 12.2. The van der Waals surface area contributed by atoms with Crippen LogP contribution in [0.15, 0.2) is 30.6 Å². The molecule has 3 rings (SSSR count). The van der Waals surface area contributed by atoms with E-state index in [2.05, 4.69) is 4.98 Å². The van der Waals surface area contributed by atoms with Crippen molar-refractivity contribution in [3.8, 4) is 0 Å². The average Bonchev–Trinajstić information content (AvgIpc) is 2.99. The van der Waals surface area contributed by atoms with Crippen LogP contribution >= 0.6 is 0 Å². The maximum atomic E-state index is 12.9. The molecule has 0 aliphatic carbocycles. The minimum atomic E-state index is -0.624. The predicted octanol–water partition coefficient (Wildman–Crippen LogP) is 3.93. The number of aryl methyl sites for hydroxylation is 1. The van der Waals surface area contributed by atoms with E-state index in [9.17, 15) is 9.59 Å². The summed E-state index contributed by atoms with van der Waals surface area (Å²) in [5, 5.41) is 0.750. The highest BCUT2D eigenvalue weighted by molar-refractivity contribution is 6.09. The normalized spacial score (nSPS) is 11.7. The fraction of sp³-hybridized carbons (Fsp3) is 0.350. The van der Waals surface area contributed by atoms with Crippen molar-refractivity contribution in [2.24, 2.45) is 0 Å². The van der Waals surface area contributed by atoms with Crippen LogP contribution in [0.1, 0.15) is 54.1 Å². The molecule has 0 N–H and O–H groups in total. The van der Waals surface area contributed by atoms with Crippen molar-refractivity contribution in [1.29, 1.82) is 0 Å². The third kappa shape index (κ3) is 3.03. The van der Waals surface area contributed by atoms with Crippen LogP contribution in [-0.2, 0) is 9.47 Å². The number of hydrogen-bond acceptors (Lipinski definition) is 5. The monoisotopic (exact) mass is 354 g/mol. The summed E-state index contributed by atoms with van der Waals surface area (Å²) < 4.78 is 12.5. The summed E-state index contributed by atoms with van der Waals surface area (Å²) in [7, 11) is 0. The van der Waals surface area contributed by atoms with Crippen molar-refractivity contribution in [2.75, 3.05) is 6.61 Å². The fourth-order valence-corrected chi connectivity index (χ4v) is 3.05. The van der Waals surface area contributed by atoms with Gasteiger partial charge < -0.3 is 9.47 Å². The summed E-state index contributed by atoms with van der Waals surface area (Å²) in [6.07, 6.45) is 1.58. The molecular formula is C20H22N2O4. The zero-order chi connectivity index (χ0) is 19.1. The van der Waals surface area contributed by atoms with E-state index >= 15 is 0 Å². The van der Waals surface area contributed by atoms with Gasteiger partial charge in [0.25, 0.3) is 0 Å². The minimum Gasteiger partial charge on any atom is -0.461 e. The van der Waals surface area contributed by atoms with Gasteiger partial charge in [-0.2, -0.15) is 0 Å². The Bertz CT molecular complexity index is 1010. The number of hydrogen-bond donors (Lipinski definition) is 0. The summed E-state index contributed by atoms with van der Waals surface area (Å²) >= 11 is 0. The highest BCUT2D eigenvalue weighted by atomic mass is 16.6. The number of fused-ring (bicyclic) bond motifs is 3. The Hall–Kier alpha value is -2.89. The fourth-order valence-electron chi connectivity index (χ4n) is 3.05. The lowest BCUT2D eigenvalue weighted by Gasteiger charge is -2.21. The SMILES string of the molecule is CCOC(=O)c1ncn2c1c(C)c(C(=O)OC(C)(C)C)c1ccccc12. The van der Waals surface area contributed by atoms with Gasteiger partial charge in [0.1, 0.15) is 11.9 Å². The van der Waals surface area contributed by atoms with Crippen LogP contribution < -0.4 is 0 Å². The second kappa shape index (κ2) is 6.44. The number of aromatic nitrogens is 2. The Kier molecular flexibility index (Phi) is 4.44. The Morgan fingerprint density at radius 1 is 1.15 bits per heavy atom. The summed E-state index contributed by atoms with van der Waals surface area (Å²) in [4.78, 5) is 29.4. The zero-order valence-electron chi connectivity index (χ0n) is 15.6. The second-order valence-electron chi connectivity index (χ2n) is 7.05. The van der Waals surface area contributed by atoms with Crippen LogP contribution in [0.25, 0.3) is 16.4 Å². The minimum absolute atomic E-state index is 0.194. The molecule has 1 aromatic carbocycles. The summed E-state index contributed by atoms with van der Waals surface area (Å²) in [6.45, 7) is 9.26. The topological polar surface area (TPSA) is 69.9 Å². The van der Waals surface area contributed by atoms with E-state index in [4.69, 9.17) is 9.47 Å². The molecule has 2 aromatic heterocycles. The first kappa shape index (κ1) is 17.9. The number of carbonyl (C=O) groups excluding carboxylic acids is 2. The van der Waals surface area contributed by atoms with Crippen molar-refractivity contribution < 1.29 is 19.1 Å². The van der Waals surface area contributed by atoms with Gasteiger partial charge in [0.05, 0.1) is 23.2 Å².